The Morgan fingerprint density at radius 3 is 2.41 bits per heavy atom. The van der Waals surface area contributed by atoms with Crippen LogP contribution in [0, 0.1) is 5.82 Å². The van der Waals surface area contributed by atoms with Gasteiger partial charge in [-0.3, -0.25) is 4.79 Å². The van der Waals surface area contributed by atoms with Crippen molar-refractivity contribution in [3.63, 3.8) is 0 Å². The van der Waals surface area contributed by atoms with Gasteiger partial charge in [0.25, 0.3) is 0 Å². The first-order valence-electron chi connectivity index (χ1n) is 6.66. The van der Waals surface area contributed by atoms with Crippen LogP contribution in [0.25, 0.3) is 0 Å². The SMILES string of the molecule is COc1ccc(NC(=O)[C@@H](C)Nc2ccc(F)c(Cl)c2)cc1. The summed E-state index contributed by atoms with van der Waals surface area (Å²) in [6.45, 7) is 1.70. The lowest BCUT2D eigenvalue weighted by atomic mass is 10.2. The van der Waals surface area contributed by atoms with Crippen molar-refractivity contribution in [2.45, 2.75) is 13.0 Å². The number of hydrogen-bond acceptors (Lipinski definition) is 3. The maximum absolute atomic E-state index is 13.1. The lowest BCUT2D eigenvalue weighted by molar-refractivity contribution is -0.116. The monoisotopic (exact) mass is 322 g/mol. The van der Waals surface area contributed by atoms with Crippen molar-refractivity contribution in [1.82, 2.24) is 0 Å². The molecule has 0 spiro atoms. The standard InChI is InChI=1S/C16H16ClFN2O2/c1-10(19-12-5-8-15(18)14(17)9-12)16(21)20-11-3-6-13(22-2)7-4-11/h3-10,19H,1-2H3,(H,20,21)/t10-/m1/s1. The van der Waals surface area contributed by atoms with Crippen LogP contribution in [0.15, 0.2) is 42.5 Å². The van der Waals surface area contributed by atoms with E-state index in [4.69, 9.17) is 16.3 Å². The highest BCUT2D eigenvalue weighted by Gasteiger charge is 2.13. The molecule has 6 heteroatoms. The van der Waals surface area contributed by atoms with Crippen LogP contribution in [0.1, 0.15) is 6.92 Å². The summed E-state index contributed by atoms with van der Waals surface area (Å²) in [5.74, 6) is -0.00158. The van der Waals surface area contributed by atoms with E-state index in [2.05, 4.69) is 10.6 Å². The molecule has 0 aliphatic heterocycles. The zero-order valence-electron chi connectivity index (χ0n) is 12.2. The Morgan fingerprint density at radius 1 is 1.18 bits per heavy atom. The van der Waals surface area contributed by atoms with Gasteiger partial charge in [-0.25, -0.2) is 4.39 Å². The summed E-state index contributed by atoms with van der Waals surface area (Å²) in [6.07, 6.45) is 0. The molecule has 0 fully saturated rings. The number of carbonyl (C=O) groups is 1. The average Bonchev–Trinajstić information content (AvgIpc) is 2.51. The number of benzene rings is 2. The van der Waals surface area contributed by atoms with E-state index in [0.717, 1.165) is 0 Å². The lowest BCUT2D eigenvalue weighted by Gasteiger charge is -2.15. The van der Waals surface area contributed by atoms with Gasteiger partial charge in [-0.05, 0) is 49.4 Å². The maximum Gasteiger partial charge on any atom is 0.246 e. The molecule has 116 valence electrons. The summed E-state index contributed by atoms with van der Waals surface area (Å²) in [6, 6.07) is 10.7. The maximum atomic E-state index is 13.1. The molecule has 4 nitrogen and oxygen atoms in total. The van der Waals surface area contributed by atoms with Crippen LogP contribution < -0.4 is 15.4 Å². The zero-order chi connectivity index (χ0) is 16.1. The van der Waals surface area contributed by atoms with Crippen molar-refractivity contribution in [2.75, 3.05) is 17.7 Å². The van der Waals surface area contributed by atoms with Crippen LogP contribution in [0.3, 0.4) is 0 Å². The Hall–Kier alpha value is -2.27. The summed E-state index contributed by atoms with van der Waals surface area (Å²) in [7, 11) is 1.58. The average molecular weight is 323 g/mol. The number of amides is 1. The molecular weight excluding hydrogens is 307 g/mol. The van der Waals surface area contributed by atoms with E-state index in [1.54, 1.807) is 38.3 Å². The Labute approximate surface area is 133 Å². The Balaban J connectivity index is 1.97. The lowest BCUT2D eigenvalue weighted by Crippen LogP contribution is -2.31. The fourth-order valence-corrected chi connectivity index (χ4v) is 2.01. The number of methoxy groups -OCH3 is 1. The predicted octanol–water partition coefficient (Wildman–Crippen LogP) is 3.93. The van der Waals surface area contributed by atoms with Crippen LogP contribution in [0.5, 0.6) is 5.75 Å². The normalized spacial score (nSPS) is 11.6. The molecule has 0 radical (unpaired) electrons. The van der Waals surface area contributed by atoms with E-state index in [0.29, 0.717) is 17.1 Å². The Bertz CT molecular complexity index is 662. The van der Waals surface area contributed by atoms with E-state index in [9.17, 15) is 9.18 Å². The summed E-state index contributed by atoms with van der Waals surface area (Å²) in [5.41, 5.74) is 1.24. The number of ether oxygens (including phenoxy) is 1. The Morgan fingerprint density at radius 2 is 1.82 bits per heavy atom. The molecule has 1 atom stereocenters. The van der Waals surface area contributed by atoms with Crippen molar-refractivity contribution in [1.29, 1.82) is 0 Å². The third kappa shape index (κ3) is 4.11. The molecule has 2 aromatic rings. The van der Waals surface area contributed by atoms with Crippen LogP contribution in [0.4, 0.5) is 15.8 Å². The minimum Gasteiger partial charge on any atom is -0.497 e. The van der Waals surface area contributed by atoms with E-state index in [1.807, 2.05) is 0 Å². The fourth-order valence-electron chi connectivity index (χ4n) is 1.83. The number of rotatable bonds is 5. The van der Waals surface area contributed by atoms with E-state index < -0.39 is 11.9 Å². The van der Waals surface area contributed by atoms with Crippen LogP contribution in [-0.4, -0.2) is 19.1 Å². The molecule has 2 N–H and O–H groups in total. The number of carbonyl (C=O) groups excluding carboxylic acids is 1. The number of anilines is 2. The van der Waals surface area contributed by atoms with Crippen molar-refractivity contribution >= 4 is 28.9 Å². The first-order valence-corrected chi connectivity index (χ1v) is 7.04. The second-order valence-corrected chi connectivity index (χ2v) is 5.12. The van der Waals surface area contributed by atoms with Gasteiger partial charge in [0.05, 0.1) is 12.1 Å². The minimum absolute atomic E-state index is 0.00719. The molecule has 0 aliphatic carbocycles. The predicted molar refractivity (Wildman–Crippen MR) is 86.1 cm³/mol. The fraction of sp³-hybridized carbons (Fsp3) is 0.188. The van der Waals surface area contributed by atoms with Crippen molar-refractivity contribution < 1.29 is 13.9 Å². The van der Waals surface area contributed by atoms with Gasteiger partial charge in [-0.15, -0.1) is 0 Å². The molecule has 2 aromatic carbocycles. The van der Waals surface area contributed by atoms with Gasteiger partial charge in [-0.2, -0.15) is 0 Å². The molecule has 0 aromatic heterocycles. The van der Waals surface area contributed by atoms with Gasteiger partial charge in [0.1, 0.15) is 17.6 Å². The van der Waals surface area contributed by atoms with Gasteiger partial charge in [-0.1, -0.05) is 11.6 Å². The van der Waals surface area contributed by atoms with Gasteiger partial charge in [0.15, 0.2) is 0 Å². The van der Waals surface area contributed by atoms with Crippen molar-refractivity contribution in [3.8, 4) is 5.75 Å². The highest BCUT2D eigenvalue weighted by molar-refractivity contribution is 6.31. The minimum atomic E-state index is -0.511. The third-order valence-electron chi connectivity index (χ3n) is 3.05. The Kier molecular flexibility index (Phi) is 5.22. The van der Waals surface area contributed by atoms with E-state index in [-0.39, 0.29) is 10.9 Å². The smallest absolute Gasteiger partial charge is 0.246 e. The largest absolute Gasteiger partial charge is 0.497 e. The molecule has 0 saturated carbocycles. The topological polar surface area (TPSA) is 50.4 Å². The molecule has 1 amide bonds. The molecule has 0 aliphatic rings. The molecule has 2 rings (SSSR count). The summed E-state index contributed by atoms with van der Waals surface area (Å²) in [4.78, 5) is 12.1. The first kappa shape index (κ1) is 16.1. The molecule has 0 bridgehead atoms. The van der Waals surface area contributed by atoms with E-state index in [1.165, 1.54) is 18.2 Å². The third-order valence-corrected chi connectivity index (χ3v) is 3.34. The molecular formula is C16H16ClFN2O2. The second kappa shape index (κ2) is 7.13. The number of halogens is 2. The number of hydrogen-bond donors (Lipinski definition) is 2. The van der Waals surface area contributed by atoms with Crippen molar-refractivity contribution in [2.24, 2.45) is 0 Å². The summed E-state index contributed by atoms with van der Waals surface area (Å²) in [5, 5.41) is 5.75. The molecule has 0 heterocycles. The second-order valence-electron chi connectivity index (χ2n) is 4.71. The highest BCUT2D eigenvalue weighted by atomic mass is 35.5. The molecule has 0 saturated heterocycles. The first-order chi connectivity index (χ1) is 10.5. The van der Waals surface area contributed by atoms with Crippen LogP contribution in [-0.2, 0) is 4.79 Å². The van der Waals surface area contributed by atoms with Gasteiger partial charge in [0.2, 0.25) is 5.91 Å². The zero-order valence-corrected chi connectivity index (χ0v) is 12.9. The van der Waals surface area contributed by atoms with Crippen LogP contribution in [0.2, 0.25) is 5.02 Å². The van der Waals surface area contributed by atoms with E-state index >= 15 is 0 Å². The quantitative estimate of drug-likeness (QED) is 0.877. The van der Waals surface area contributed by atoms with Crippen molar-refractivity contribution in [3.05, 3.63) is 53.3 Å². The van der Waals surface area contributed by atoms with Gasteiger partial charge in [0, 0.05) is 11.4 Å². The van der Waals surface area contributed by atoms with Gasteiger partial charge >= 0.3 is 0 Å². The molecule has 22 heavy (non-hydrogen) atoms. The summed E-state index contributed by atoms with van der Waals surface area (Å²) >= 11 is 5.71. The summed E-state index contributed by atoms with van der Waals surface area (Å²) < 4.78 is 18.1. The number of nitrogens with one attached hydrogen (secondary N) is 2. The van der Waals surface area contributed by atoms with Crippen LogP contribution >= 0.6 is 11.6 Å². The van der Waals surface area contributed by atoms with Gasteiger partial charge < -0.3 is 15.4 Å². The molecule has 0 unspecified atom stereocenters. The highest BCUT2D eigenvalue weighted by Crippen LogP contribution is 2.20.